The van der Waals surface area contributed by atoms with Crippen molar-refractivity contribution in [3.8, 4) is 0 Å². The quantitative estimate of drug-likeness (QED) is 0.349. The van der Waals surface area contributed by atoms with Crippen LogP contribution in [0.5, 0.6) is 0 Å². The molecule has 0 rings (SSSR count). The minimum atomic E-state index is -0.274. The van der Waals surface area contributed by atoms with E-state index in [-0.39, 0.29) is 6.10 Å². The lowest BCUT2D eigenvalue weighted by molar-refractivity contribution is 0.171. The van der Waals surface area contributed by atoms with Crippen molar-refractivity contribution < 1.29 is 5.11 Å². The maximum atomic E-state index is 9.27. The normalized spacial score (nSPS) is 13.2. The first kappa shape index (κ1) is 11.8. The fourth-order valence-electron chi connectivity index (χ4n) is 0.967. The van der Waals surface area contributed by atoms with Gasteiger partial charge in [0.15, 0.2) is 0 Å². The maximum Gasteiger partial charge on any atom is 0.0788 e. The number of hydrogen-bond donors (Lipinski definition) is 4. The second kappa shape index (κ2) is 8.93. The van der Waals surface area contributed by atoms with E-state index < -0.39 is 0 Å². The van der Waals surface area contributed by atoms with Gasteiger partial charge in [-0.2, -0.15) is 0 Å². The summed E-state index contributed by atoms with van der Waals surface area (Å²) in [5.74, 6) is 0. The Labute approximate surface area is 74.7 Å². The molecule has 12 heavy (non-hydrogen) atoms. The predicted octanol–water partition coefficient (Wildman–Crippen LogP) is -1.23. The van der Waals surface area contributed by atoms with Crippen LogP contribution in [0.25, 0.3) is 0 Å². The van der Waals surface area contributed by atoms with Gasteiger partial charge in [-0.1, -0.05) is 0 Å². The summed E-state index contributed by atoms with van der Waals surface area (Å²) in [6.45, 7) is 3.31. The molecule has 0 aliphatic heterocycles. The van der Waals surface area contributed by atoms with Gasteiger partial charge in [0.1, 0.15) is 0 Å². The fourth-order valence-corrected chi connectivity index (χ4v) is 0.967. The third kappa shape index (κ3) is 7.94. The van der Waals surface area contributed by atoms with Crippen LogP contribution in [0, 0.1) is 0 Å². The Kier molecular flexibility index (Phi) is 8.81. The van der Waals surface area contributed by atoms with E-state index in [0.717, 1.165) is 19.5 Å². The summed E-state index contributed by atoms with van der Waals surface area (Å²) >= 11 is 0. The molecule has 4 heteroatoms. The highest BCUT2D eigenvalue weighted by atomic mass is 16.3. The van der Waals surface area contributed by atoms with Gasteiger partial charge in [0.25, 0.3) is 0 Å². The van der Waals surface area contributed by atoms with Gasteiger partial charge in [0.2, 0.25) is 0 Å². The molecule has 0 radical (unpaired) electrons. The minimum absolute atomic E-state index is 0.274. The Bertz CT molecular complexity index is 90.4. The molecule has 0 fully saturated rings. The summed E-state index contributed by atoms with van der Waals surface area (Å²) < 4.78 is 0. The van der Waals surface area contributed by atoms with E-state index in [1.807, 2.05) is 14.1 Å². The highest BCUT2D eigenvalue weighted by Crippen LogP contribution is 1.77. The van der Waals surface area contributed by atoms with Crippen molar-refractivity contribution in [3.63, 3.8) is 0 Å². The summed E-state index contributed by atoms with van der Waals surface area (Å²) in [5.41, 5.74) is 0. The lowest BCUT2D eigenvalue weighted by Gasteiger charge is -2.10. The van der Waals surface area contributed by atoms with Crippen LogP contribution in [0.3, 0.4) is 0 Å². The van der Waals surface area contributed by atoms with E-state index in [1.54, 1.807) is 0 Å². The molecule has 1 unspecified atom stereocenters. The second-order valence-electron chi connectivity index (χ2n) is 2.87. The minimum Gasteiger partial charge on any atom is -0.390 e. The van der Waals surface area contributed by atoms with Gasteiger partial charge in [-0.05, 0) is 33.6 Å². The lowest BCUT2D eigenvalue weighted by atomic mass is 10.3. The molecular weight excluding hydrogens is 154 g/mol. The topological polar surface area (TPSA) is 56.3 Å². The molecule has 0 heterocycles. The highest BCUT2D eigenvalue weighted by molar-refractivity contribution is 4.60. The van der Waals surface area contributed by atoms with Gasteiger partial charge in [0, 0.05) is 13.1 Å². The van der Waals surface area contributed by atoms with Crippen LogP contribution in [0.2, 0.25) is 0 Å². The van der Waals surface area contributed by atoms with Gasteiger partial charge in [-0.25, -0.2) is 0 Å². The first-order valence-corrected chi connectivity index (χ1v) is 4.49. The Morgan fingerprint density at radius 1 is 1.08 bits per heavy atom. The molecule has 0 bridgehead atoms. The molecular formula is C8H21N3O. The van der Waals surface area contributed by atoms with Gasteiger partial charge in [0.05, 0.1) is 6.10 Å². The highest BCUT2D eigenvalue weighted by Gasteiger charge is 1.99. The zero-order valence-corrected chi connectivity index (χ0v) is 8.06. The van der Waals surface area contributed by atoms with Gasteiger partial charge >= 0.3 is 0 Å². The second-order valence-corrected chi connectivity index (χ2v) is 2.87. The molecule has 74 valence electrons. The molecule has 4 nitrogen and oxygen atoms in total. The summed E-state index contributed by atoms with van der Waals surface area (Å²) in [6, 6.07) is 0. The van der Waals surface area contributed by atoms with Crippen molar-refractivity contribution in [1.82, 2.24) is 16.0 Å². The summed E-state index contributed by atoms with van der Waals surface area (Å²) in [7, 11) is 3.78. The SMILES string of the molecule is CNCCCNCC(O)CNC. The van der Waals surface area contributed by atoms with Crippen LogP contribution in [0.1, 0.15) is 6.42 Å². The lowest BCUT2D eigenvalue weighted by Crippen LogP contribution is -2.35. The van der Waals surface area contributed by atoms with Crippen LogP contribution < -0.4 is 16.0 Å². The zero-order valence-electron chi connectivity index (χ0n) is 8.06. The molecule has 0 aliphatic rings. The molecule has 0 aliphatic carbocycles. The van der Waals surface area contributed by atoms with E-state index in [2.05, 4.69) is 16.0 Å². The Morgan fingerprint density at radius 3 is 2.42 bits per heavy atom. The fraction of sp³-hybridized carbons (Fsp3) is 1.00. The number of aliphatic hydroxyl groups is 1. The number of aliphatic hydroxyl groups excluding tert-OH is 1. The summed E-state index contributed by atoms with van der Waals surface area (Å²) in [5, 5.41) is 18.4. The number of nitrogens with one attached hydrogen (secondary N) is 3. The first-order chi connectivity index (χ1) is 5.81. The number of likely N-dealkylation sites (N-methyl/N-ethyl adjacent to an activating group) is 1. The molecule has 0 saturated carbocycles. The molecule has 0 aromatic carbocycles. The van der Waals surface area contributed by atoms with Crippen LogP contribution >= 0.6 is 0 Å². The Hall–Kier alpha value is -0.160. The van der Waals surface area contributed by atoms with E-state index >= 15 is 0 Å². The third-order valence-electron chi connectivity index (χ3n) is 1.60. The van der Waals surface area contributed by atoms with Crippen LogP contribution in [0.15, 0.2) is 0 Å². The van der Waals surface area contributed by atoms with Crippen LogP contribution in [-0.2, 0) is 0 Å². The van der Waals surface area contributed by atoms with E-state index in [0.29, 0.717) is 13.1 Å². The van der Waals surface area contributed by atoms with Crippen molar-refractivity contribution >= 4 is 0 Å². The van der Waals surface area contributed by atoms with Crippen molar-refractivity contribution in [2.45, 2.75) is 12.5 Å². The van der Waals surface area contributed by atoms with Crippen molar-refractivity contribution in [3.05, 3.63) is 0 Å². The summed E-state index contributed by atoms with van der Waals surface area (Å²) in [4.78, 5) is 0. The van der Waals surface area contributed by atoms with Crippen molar-refractivity contribution in [2.24, 2.45) is 0 Å². The molecule has 4 N–H and O–H groups in total. The number of hydrogen-bond acceptors (Lipinski definition) is 4. The average molecular weight is 175 g/mol. The predicted molar refractivity (Wildman–Crippen MR) is 51.3 cm³/mol. The Balaban J connectivity index is 2.97. The number of rotatable bonds is 8. The molecule has 0 aromatic rings. The molecule has 0 spiro atoms. The molecule has 0 saturated heterocycles. The van der Waals surface area contributed by atoms with Gasteiger partial charge in [-0.3, -0.25) is 0 Å². The standard InChI is InChI=1S/C8H21N3O/c1-9-4-3-5-11-7-8(12)6-10-2/h8-12H,3-7H2,1-2H3. The first-order valence-electron chi connectivity index (χ1n) is 4.49. The van der Waals surface area contributed by atoms with Crippen molar-refractivity contribution in [1.29, 1.82) is 0 Å². The molecule has 1 atom stereocenters. The zero-order chi connectivity index (χ0) is 9.23. The third-order valence-corrected chi connectivity index (χ3v) is 1.60. The monoisotopic (exact) mass is 175 g/mol. The van der Waals surface area contributed by atoms with Crippen LogP contribution in [0.4, 0.5) is 0 Å². The van der Waals surface area contributed by atoms with Crippen molar-refractivity contribution in [2.75, 3.05) is 40.3 Å². The van der Waals surface area contributed by atoms with E-state index in [1.165, 1.54) is 0 Å². The van der Waals surface area contributed by atoms with Gasteiger partial charge < -0.3 is 21.1 Å². The smallest absolute Gasteiger partial charge is 0.0788 e. The van der Waals surface area contributed by atoms with Crippen LogP contribution in [-0.4, -0.2) is 51.5 Å². The van der Waals surface area contributed by atoms with E-state index in [4.69, 9.17) is 0 Å². The van der Waals surface area contributed by atoms with E-state index in [9.17, 15) is 5.11 Å². The molecule has 0 amide bonds. The summed E-state index contributed by atoms with van der Waals surface area (Å²) in [6.07, 6.45) is 0.826. The largest absolute Gasteiger partial charge is 0.390 e. The molecule has 0 aromatic heterocycles. The maximum absolute atomic E-state index is 9.27. The average Bonchev–Trinajstić information content (AvgIpc) is 2.05. The van der Waals surface area contributed by atoms with Gasteiger partial charge in [-0.15, -0.1) is 0 Å². The Morgan fingerprint density at radius 2 is 1.83 bits per heavy atom.